The average Bonchev–Trinajstić information content (AvgIpc) is 3.45. The minimum Gasteiger partial charge on any atom is -0.495 e. The van der Waals surface area contributed by atoms with Gasteiger partial charge in [-0.05, 0) is 50.2 Å². The summed E-state index contributed by atoms with van der Waals surface area (Å²) < 4.78 is 35.0. The van der Waals surface area contributed by atoms with Gasteiger partial charge in [-0.1, -0.05) is 29.3 Å². The molecule has 5 rings (SSSR count). The van der Waals surface area contributed by atoms with Gasteiger partial charge in [0, 0.05) is 36.6 Å². The number of aryl methyl sites for hydroxylation is 2. The van der Waals surface area contributed by atoms with Crippen LogP contribution in [0.15, 0.2) is 53.4 Å². The number of thiophene rings is 1. The molecule has 1 fully saturated rings. The lowest BCUT2D eigenvalue weighted by Crippen LogP contribution is -2.50. The van der Waals surface area contributed by atoms with Crippen LogP contribution in [0, 0.1) is 13.8 Å². The van der Waals surface area contributed by atoms with Crippen LogP contribution in [0.4, 0.5) is 0 Å². The van der Waals surface area contributed by atoms with Crippen molar-refractivity contribution < 1.29 is 17.9 Å². The molecular formula is C25H25ClN4O4S2. The number of carbonyl (C=O) groups is 1. The van der Waals surface area contributed by atoms with Crippen molar-refractivity contribution in [3.8, 4) is 11.4 Å². The third-order valence-corrected chi connectivity index (χ3v) is 9.56. The summed E-state index contributed by atoms with van der Waals surface area (Å²) in [7, 11) is -2.40. The summed E-state index contributed by atoms with van der Waals surface area (Å²) >= 11 is 7.45. The first kappa shape index (κ1) is 24.8. The maximum Gasteiger partial charge on any atom is 0.264 e. The first-order valence-corrected chi connectivity index (χ1v) is 14.0. The molecular weight excluding hydrogens is 520 g/mol. The molecule has 0 spiro atoms. The third-order valence-electron chi connectivity index (χ3n) is 6.30. The van der Waals surface area contributed by atoms with Crippen molar-refractivity contribution in [3.05, 3.63) is 69.7 Å². The summed E-state index contributed by atoms with van der Waals surface area (Å²) in [6, 6.07) is 14.5. The molecule has 0 saturated carbocycles. The highest BCUT2D eigenvalue weighted by Gasteiger charge is 2.33. The lowest BCUT2D eigenvalue weighted by Gasteiger charge is -2.34. The van der Waals surface area contributed by atoms with E-state index in [1.165, 1.54) is 34.9 Å². The van der Waals surface area contributed by atoms with Crippen LogP contribution in [0.5, 0.6) is 5.75 Å². The van der Waals surface area contributed by atoms with E-state index < -0.39 is 10.0 Å². The van der Waals surface area contributed by atoms with E-state index in [1.54, 1.807) is 11.0 Å². The Morgan fingerprint density at radius 2 is 1.72 bits per heavy atom. The average molecular weight is 545 g/mol. The Labute approximate surface area is 218 Å². The lowest BCUT2D eigenvalue weighted by molar-refractivity contribution is 0.0702. The van der Waals surface area contributed by atoms with Crippen LogP contribution in [-0.2, 0) is 10.0 Å². The van der Waals surface area contributed by atoms with Gasteiger partial charge in [-0.15, -0.1) is 11.3 Å². The highest BCUT2D eigenvalue weighted by molar-refractivity contribution is 7.89. The Morgan fingerprint density at radius 1 is 1.03 bits per heavy atom. The number of hydrogen-bond donors (Lipinski definition) is 0. The van der Waals surface area contributed by atoms with E-state index in [-0.39, 0.29) is 42.7 Å². The third kappa shape index (κ3) is 4.39. The fraction of sp³-hybridized carbons (Fsp3) is 0.280. The summed E-state index contributed by atoms with van der Waals surface area (Å²) in [5, 5.41) is 5.91. The van der Waals surface area contributed by atoms with E-state index in [0.29, 0.717) is 9.90 Å². The van der Waals surface area contributed by atoms with E-state index >= 15 is 0 Å². The highest BCUT2D eigenvalue weighted by atomic mass is 35.5. The van der Waals surface area contributed by atoms with Crippen molar-refractivity contribution in [2.75, 3.05) is 33.3 Å². The quantitative estimate of drug-likeness (QED) is 0.369. The largest absolute Gasteiger partial charge is 0.495 e. The van der Waals surface area contributed by atoms with Crippen LogP contribution in [0.25, 0.3) is 15.9 Å². The molecule has 8 nitrogen and oxygen atoms in total. The molecule has 36 heavy (non-hydrogen) atoms. The van der Waals surface area contributed by atoms with Crippen LogP contribution < -0.4 is 4.74 Å². The van der Waals surface area contributed by atoms with Gasteiger partial charge in [0.25, 0.3) is 5.91 Å². The second kappa shape index (κ2) is 9.51. The minimum atomic E-state index is -3.82. The molecule has 4 aromatic rings. The van der Waals surface area contributed by atoms with Gasteiger partial charge in [-0.3, -0.25) is 4.79 Å². The number of halogens is 1. The summed E-state index contributed by atoms with van der Waals surface area (Å²) in [6.07, 6.45) is 0. The summed E-state index contributed by atoms with van der Waals surface area (Å²) in [4.78, 5) is 16.6. The Balaban J connectivity index is 1.35. The van der Waals surface area contributed by atoms with Gasteiger partial charge in [-0.25, -0.2) is 13.1 Å². The second-order valence-corrected chi connectivity index (χ2v) is 12.0. The number of hydrogen-bond acceptors (Lipinski definition) is 6. The number of amides is 1. The van der Waals surface area contributed by atoms with Crippen molar-refractivity contribution >= 4 is 49.1 Å². The molecule has 2 aromatic carbocycles. The number of benzene rings is 2. The standard InChI is InChI=1S/C25H25ClN4O4S2/c1-16-4-7-19(8-5-16)30-25-20(17(2)27-30)15-22(35-25)24(31)28-10-12-29(13-11-28)36(32,33)23-14-18(26)6-9-21(23)34-3/h4-9,14-15H,10-13H2,1-3H3. The van der Waals surface area contributed by atoms with Crippen molar-refractivity contribution in [2.45, 2.75) is 18.7 Å². The minimum absolute atomic E-state index is 0.0259. The lowest BCUT2D eigenvalue weighted by atomic mass is 10.2. The summed E-state index contributed by atoms with van der Waals surface area (Å²) in [5.41, 5.74) is 2.96. The molecule has 0 unspecified atom stereocenters. The molecule has 0 N–H and O–H groups in total. The maximum absolute atomic E-state index is 13.3. The Bertz CT molecular complexity index is 1550. The number of carbonyl (C=O) groups excluding carboxylic acids is 1. The van der Waals surface area contributed by atoms with E-state index in [2.05, 4.69) is 5.10 Å². The molecule has 11 heteroatoms. The van der Waals surface area contributed by atoms with Crippen LogP contribution in [-0.4, -0.2) is 66.6 Å². The zero-order valence-electron chi connectivity index (χ0n) is 20.1. The second-order valence-electron chi connectivity index (χ2n) is 8.65. The van der Waals surface area contributed by atoms with Gasteiger partial charge in [0.2, 0.25) is 10.0 Å². The Morgan fingerprint density at radius 3 is 2.39 bits per heavy atom. The molecule has 2 aromatic heterocycles. The summed E-state index contributed by atoms with van der Waals surface area (Å²) in [5.74, 6) is 0.129. The van der Waals surface area contributed by atoms with E-state index in [0.717, 1.165) is 27.2 Å². The van der Waals surface area contributed by atoms with Gasteiger partial charge in [0.05, 0.1) is 23.4 Å². The first-order chi connectivity index (χ1) is 17.2. The Hall–Kier alpha value is -2.92. The number of ether oxygens (including phenoxy) is 1. The number of nitrogens with zero attached hydrogens (tertiary/aromatic N) is 4. The first-order valence-electron chi connectivity index (χ1n) is 11.4. The monoisotopic (exact) mass is 544 g/mol. The Kier molecular flexibility index (Phi) is 6.54. The van der Waals surface area contributed by atoms with Gasteiger partial charge in [0.1, 0.15) is 15.5 Å². The number of methoxy groups -OCH3 is 1. The molecule has 1 aliphatic heterocycles. The molecule has 1 aliphatic rings. The highest BCUT2D eigenvalue weighted by Crippen LogP contribution is 2.33. The number of rotatable bonds is 5. The maximum atomic E-state index is 13.3. The predicted molar refractivity (Wildman–Crippen MR) is 141 cm³/mol. The molecule has 0 atom stereocenters. The SMILES string of the molecule is COc1ccc(Cl)cc1S(=O)(=O)N1CCN(C(=O)c2cc3c(C)nn(-c4ccc(C)cc4)c3s2)CC1. The molecule has 3 heterocycles. The molecule has 0 aliphatic carbocycles. The predicted octanol–water partition coefficient (Wildman–Crippen LogP) is 4.51. The number of sulfonamides is 1. The fourth-order valence-electron chi connectivity index (χ4n) is 4.29. The van der Waals surface area contributed by atoms with Crippen LogP contribution in [0.3, 0.4) is 0 Å². The number of fused-ring (bicyclic) bond motifs is 1. The smallest absolute Gasteiger partial charge is 0.264 e. The molecule has 1 amide bonds. The van der Waals surface area contributed by atoms with Crippen LogP contribution in [0.2, 0.25) is 5.02 Å². The normalized spacial score (nSPS) is 14.9. The molecule has 0 radical (unpaired) electrons. The van der Waals surface area contributed by atoms with Gasteiger partial charge >= 0.3 is 0 Å². The molecule has 188 valence electrons. The zero-order valence-corrected chi connectivity index (χ0v) is 22.5. The fourth-order valence-corrected chi connectivity index (χ4v) is 7.28. The summed E-state index contributed by atoms with van der Waals surface area (Å²) in [6.45, 7) is 4.92. The number of aromatic nitrogens is 2. The van der Waals surface area contributed by atoms with Crippen molar-refractivity contribution in [3.63, 3.8) is 0 Å². The molecule has 0 bridgehead atoms. The zero-order chi connectivity index (χ0) is 25.6. The molecule has 1 saturated heterocycles. The topological polar surface area (TPSA) is 84.7 Å². The van der Waals surface area contributed by atoms with Crippen LogP contribution in [0.1, 0.15) is 20.9 Å². The van der Waals surface area contributed by atoms with Gasteiger partial charge < -0.3 is 9.64 Å². The van der Waals surface area contributed by atoms with Gasteiger partial charge in [-0.2, -0.15) is 9.40 Å². The van der Waals surface area contributed by atoms with Crippen molar-refractivity contribution in [2.24, 2.45) is 0 Å². The number of piperazine rings is 1. The van der Waals surface area contributed by atoms with Crippen LogP contribution >= 0.6 is 22.9 Å². The van der Waals surface area contributed by atoms with E-state index in [9.17, 15) is 13.2 Å². The van der Waals surface area contributed by atoms with E-state index in [4.69, 9.17) is 16.3 Å². The van der Waals surface area contributed by atoms with Gasteiger partial charge in [0.15, 0.2) is 0 Å². The van der Waals surface area contributed by atoms with Crippen molar-refractivity contribution in [1.29, 1.82) is 0 Å². The van der Waals surface area contributed by atoms with E-state index in [1.807, 2.05) is 48.9 Å². The van der Waals surface area contributed by atoms with Crippen molar-refractivity contribution in [1.82, 2.24) is 19.0 Å².